The molecule has 2 rings (SSSR count). The van der Waals surface area contributed by atoms with Crippen molar-refractivity contribution in [1.82, 2.24) is 0 Å². The number of hydrogen-bond donors (Lipinski definition) is 1. The number of halogens is 1. The predicted molar refractivity (Wildman–Crippen MR) is 48.2 cm³/mol. The summed E-state index contributed by atoms with van der Waals surface area (Å²) in [7, 11) is 0. The van der Waals surface area contributed by atoms with E-state index in [9.17, 15) is 4.39 Å². The first-order chi connectivity index (χ1) is 6.18. The third-order valence-corrected chi connectivity index (χ3v) is 2.34. The van der Waals surface area contributed by atoms with E-state index in [1.807, 2.05) is 6.92 Å². The Bertz CT molecular complexity index is 338. The van der Waals surface area contributed by atoms with Crippen molar-refractivity contribution in [3.63, 3.8) is 0 Å². The molecule has 1 heterocycles. The van der Waals surface area contributed by atoms with Crippen molar-refractivity contribution in [2.45, 2.75) is 19.4 Å². The van der Waals surface area contributed by atoms with Gasteiger partial charge in [-0.2, -0.15) is 0 Å². The highest BCUT2D eigenvalue weighted by Gasteiger charge is 2.20. The minimum atomic E-state index is -0.239. The topological polar surface area (TPSA) is 35.2 Å². The zero-order chi connectivity index (χ0) is 9.42. The molecule has 0 aliphatic carbocycles. The van der Waals surface area contributed by atoms with Crippen molar-refractivity contribution < 1.29 is 9.13 Å². The van der Waals surface area contributed by atoms with E-state index in [-0.39, 0.29) is 11.9 Å². The summed E-state index contributed by atoms with van der Waals surface area (Å²) >= 11 is 0. The molecule has 0 fully saturated rings. The largest absolute Gasteiger partial charge is 0.493 e. The molecule has 3 heteroatoms. The van der Waals surface area contributed by atoms with Crippen LogP contribution in [0.25, 0.3) is 0 Å². The van der Waals surface area contributed by atoms with Crippen LogP contribution in [0, 0.1) is 12.7 Å². The van der Waals surface area contributed by atoms with Gasteiger partial charge in [0.2, 0.25) is 0 Å². The molecule has 0 radical (unpaired) electrons. The average Bonchev–Trinajstić information content (AvgIpc) is 2.07. The molecule has 0 saturated carbocycles. The molecule has 1 aromatic rings. The lowest BCUT2D eigenvalue weighted by Gasteiger charge is -2.24. The molecule has 2 nitrogen and oxygen atoms in total. The molecule has 1 aliphatic heterocycles. The van der Waals surface area contributed by atoms with Gasteiger partial charge in [0.1, 0.15) is 11.6 Å². The monoisotopic (exact) mass is 181 g/mol. The van der Waals surface area contributed by atoms with Crippen LogP contribution in [-0.4, -0.2) is 6.61 Å². The van der Waals surface area contributed by atoms with Gasteiger partial charge in [-0.05, 0) is 24.6 Å². The Balaban J connectivity index is 2.56. The van der Waals surface area contributed by atoms with Crippen LogP contribution in [0.15, 0.2) is 12.1 Å². The Morgan fingerprint density at radius 1 is 1.54 bits per heavy atom. The molecule has 0 bridgehead atoms. The quantitative estimate of drug-likeness (QED) is 0.663. The second kappa shape index (κ2) is 3.00. The van der Waals surface area contributed by atoms with Gasteiger partial charge in [0.05, 0.1) is 6.61 Å². The summed E-state index contributed by atoms with van der Waals surface area (Å²) in [4.78, 5) is 0. The molecule has 2 N–H and O–H groups in total. The summed E-state index contributed by atoms with van der Waals surface area (Å²) in [5, 5.41) is 0. The molecule has 0 unspecified atom stereocenters. The van der Waals surface area contributed by atoms with Gasteiger partial charge >= 0.3 is 0 Å². The number of ether oxygens (including phenoxy) is 1. The van der Waals surface area contributed by atoms with Crippen LogP contribution in [0.1, 0.15) is 23.6 Å². The highest BCUT2D eigenvalue weighted by molar-refractivity contribution is 5.44. The third kappa shape index (κ3) is 1.40. The van der Waals surface area contributed by atoms with E-state index >= 15 is 0 Å². The summed E-state index contributed by atoms with van der Waals surface area (Å²) in [5.74, 6) is 0.525. The fraction of sp³-hybridized carbons (Fsp3) is 0.400. The van der Waals surface area contributed by atoms with E-state index in [0.29, 0.717) is 6.61 Å². The van der Waals surface area contributed by atoms with Crippen molar-refractivity contribution in [1.29, 1.82) is 0 Å². The van der Waals surface area contributed by atoms with E-state index < -0.39 is 0 Å². The maximum atomic E-state index is 13.0. The Kier molecular flexibility index (Phi) is 1.96. The number of aryl methyl sites for hydroxylation is 1. The van der Waals surface area contributed by atoms with Crippen molar-refractivity contribution in [2.75, 3.05) is 6.61 Å². The maximum absolute atomic E-state index is 13.0. The lowest BCUT2D eigenvalue weighted by atomic mass is 9.99. The van der Waals surface area contributed by atoms with Crippen LogP contribution >= 0.6 is 0 Å². The highest BCUT2D eigenvalue weighted by atomic mass is 19.1. The molecular formula is C10H12FNO. The van der Waals surface area contributed by atoms with Gasteiger partial charge in [0.25, 0.3) is 0 Å². The first kappa shape index (κ1) is 8.51. The van der Waals surface area contributed by atoms with Crippen LogP contribution in [0.5, 0.6) is 5.75 Å². The summed E-state index contributed by atoms with van der Waals surface area (Å²) < 4.78 is 18.5. The van der Waals surface area contributed by atoms with E-state index in [4.69, 9.17) is 10.5 Å². The fourth-order valence-electron chi connectivity index (χ4n) is 1.67. The van der Waals surface area contributed by atoms with E-state index in [0.717, 1.165) is 23.3 Å². The third-order valence-electron chi connectivity index (χ3n) is 2.34. The van der Waals surface area contributed by atoms with E-state index in [2.05, 4.69) is 0 Å². The minimum Gasteiger partial charge on any atom is -0.493 e. The lowest BCUT2D eigenvalue weighted by Crippen LogP contribution is -2.21. The number of hydrogen-bond acceptors (Lipinski definition) is 2. The lowest BCUT2D eigenvalue weighted by molar-refractivity contribution is 0.266. The van der Waals surface area contributed by atoms with Crippen molar-refractivity contribution in [2.24, 2.45) is 5.73 Å². The Morgan fingerprint density at radius 2 is 2.31 bits per heavy atom. The van der Waals surface area contributed by atoms with Crippen molar-refractivity contribution in [3.05, 3.63) is 29.1 Å². The van der Waals surface area contributed by atoms with E-state index in [1.165, 1.54) is 12.1 Å². The smallest absolute Gasteiger partial charge is 0.127 e. The SMILES string of the molecule is Cc1cc(F)cc2c1OCC[C@H]2N. The number of nitrogens with two attached hydrogens (primary N) is 1. The van der Waals surface area contributed by atoms with E-state index in [1.54, 1.807) is 0 Å². The summed E-state index contributed by atoms with van der Waals surface area (Å²) in [6, 6.07) is 2.85. The average molecular weight is 181 g/mol. The molecule has 1 aromatic carbocycles. The summed E-state index contributed by atoms with van der Waals surface area (Å²) in [6.07, 6.45) is 0.760. The fourth-order valence-corrected chi connectivity index (χ4v) is 1.67. The van der Waals surface area contributed by atoms with Gasteiger partial charge in [0, 0.05) is 18.0 Å². The van der Waals surface area contributed by atoms with Crippen LogP contribution in [0.3, 0.4) is 0 Å². The van der Waals surface area contributed by atoms with Gasteiger partial charge in [-0.1, -0.05) is 0 Å². The Morgan fingerprint density at radius 3 is 3.08 bits per heavy atom. The highest BCUT2D eigenvalue weighted by Crippen LogP contribution is 2.33. The van der Waals surface area contributed by atoms with Crippen LogP contribution < -0.4 is 10.5 Å². The van der Waals surface area contributed by atoms with Crippen LogP contribution in [0.4, 0.5) is 4.39 Å². The van der Waals surface area contributed by atoms with Gasteiger partial charge in [-0.15, -0.1) is 0 Å². The van der Waals surface area contributed by atoms with Crippen molar-refractivity contribution >= 4 is 0 Å². The Labute approximate surface area is 76.5 Å². The second-order valence-electron chi connectivity index (χ2n) is 3.38. The second-order valence-corrected chi connectivity index (χ2v) is 3.38. The first-order valence-electron chi connectivity index (χ1n) is 4.37. The van der Waals surface area contributed by atoms with Gasteiger partial charge in [0.15, 0.2) is 0 Å². The molecule has 70 valence electrons. The van der Waals surface area contributed by atoms with Gasteiger partial charge in [-0.3, -0.25) is 0 Å². The number of rotatable bonds is 0. The molecular weight excluding hydrogens is 169 g/mol. The molecule has 13 heavy (non-hydrogen) atoms. The van der Waals surface area contributed by atoms with Crippen molar-refractivity contribution in [3.8, 4) is 5.75 Å². The molecule has 0 aromatic heterocycles. The molecule has 0 spiro atoms. The molecule has 0 amide bonds. The normalized spacial score (nSPS) is 20.7. The maximum Gasteiger partial charge on any atom is 0.127 e. The first-order valence-corrected chi connectivity index (χ1v) is 4.37. The minimum absolute atomic E-state index is 0.0850. The van der Waals surface area contributed by atoms with Crippen LogP contribution in [0.2, 0.25) is 0 Å². The molecule has 0 saturated heterocycles. The molecule has 1 atom stereocenters. The number of benzene rings is 1. The van der Waals surface area contributed by atoms with Gasteiger partial charge in [-0.25, -0.2) is 4.39 Å². The molecule has 1 aliphatic rings. The Hall–Kier alpha value is -1.09. The zero-order valence-electron chi connectivity index (χ0n) is 7.51. The summed E-state index contributed by atoms with van der Waals surface area (Å²) in [5.41, 5.74) is 7.46. The van der Waals surface area contributed by atoms with Crippen LogP contribution in [-0.2, 0) is 0 Å². The van der Waals surface area contributed by atoms with Gasteiger partial charge < -0.3 is 10.5 Å². The standard InChI is InChI=1S/C10H12FNO/c1-6-4-7(11)5-8-9(12)2-3-13-10(6)8/h4-5,9H,2-3,12H2,1H3/t9-/m1/s1. The number of fused-ring (bicyclic) bond motifs is 1. The predicted octanol–water partition coefficient (Wildman–Crippen LogP) is 1.92. The zero-order valence-corrected chi connectivity index (χ0v) is 7.51. The summed E-state index contributed by atoms with van der Waals surface area (Å²) in [6.45, 7) is 2.46.